The van der Waals surface area contributed by atoms with Gasteiger partial charge in [0.2, 0.25) is 0 Å². The SMILES string of the molecule is [C-]#[N+]c1ccc(Br)c(C)c1. The lowest BCUT2D eigenvalue weighted by atomic mass is 10.2. The molecule has 0 radical (unpaired) electrons. The van der Waals surface area contributed by atoms with Crippen molar-refractivity contribution >= 4 is 21.6 Å². The molecule has 0 saturated heterocycles. The molecule has 0 aromatic heterocycles. The molecule has 0 fully saturated rings. The van der Waals surface area contributed by atoms with Crippen molar-refractivity contribution in [3.63, 3.8) is 0 Å². The van der Waals surface area contributed by atoms with E-state index in [1.54, 1.807) is 6.07 Å². The van der Waals surface area contributed by atoms with Crippen molar-refractivity contribution in [2.75, 3.05) is 0 Å². The van der Waals surface area contributed by atoms with Crippen LogP contribution in [0.4, 0.5) is 5.69 Å². The predicted molar refractivity (Wildman–Crippen MR) is 45.1 cm³/mol. The highest BCUT2D eigenvalue weighted by molar-refractivity contribution is 9.10. The summed E-state index contributed by atoms with van der Waals surface area (Å²) in [6.07, 6.45) is 0. The van der Waals surface area contributed by atoms with Crippen molar-refractivity contribution < 1.29 is 0 Å². The Morgan fingerprint density at radius 1 is 1.50 bits per heavy atom. The molecule has 0 atom stereocenters. The first-order chi connectivity index (χ1) is 4.74. The van der Waals surface area contributed by atoms with Crippen LogP contribution in [0, 0.1) is 13.5 Å². The minimum Gasteiger partial charge on any atom is -0.238 e. The van der Waals surface area contributed by atoms with Gasteiger partial charge in [-0.25, -0.2) is 4.85 Å². The van der Waals surface area contributed by atoms with Gasteiger partial charge in [-0.2, -0.15) is 0 Å². The first kappa shape index (κ1) is 7.30. The molecule has 0 unspecified atom stereocenters. The molecule has 0 amide bonds. The summed E-state index contributed by atoms with van der Waals surface area (Å²) in [6, 6.07) is 5.55. The summed E-state index contributed by atoms with van der Waals surface area (Å²) in [5, 5.41) is 0. The largest absolute Gasteiger partial charge is 0.238 e. The van der Waals surface area contributed by atoms with E-state index in [0.717, 1.165) is 10.0 Å². The van der Waals surface area contributed by atoms with Gasteiger partial charge < -0.3 is 0 Å². The Hall–Kier alpha value is -0.810. The van der Waals surface area contributed by atoms with Gasteiger partial charge in [-0.05, 0) is 12.5 Å². The predicted octanol–water partition coefficient (Wildman–Crippen LogP) is 3.31. The first-order valence-electron chi connectivity index (χ1n) is 2.87. The molecule has 50 valence electrons. The zero-order chi connectivity index (χ0) is 7.56. The Morgan fingerprint density at radius 3 is 2.70 bits per heavy atom. The third kappa shape index (κ3) is 1.37. The number of hydrogen-bond donors (Lipinski definition) is 0. The second-order valence-electron chi connectivity index (χ2n) is 2.05. The van der Waals surface area contributed by atoms with Crippen LogP contribution in [0.2, 0.25) is 0 Å². The van der Waals surface area contributed by atoms with Crippen LogP contribution >= 0.6 is 15.9 Å². The highest BCUT2D eigenvalue weighted by Crippen LogP contribution is 2.21. The highest BCUT2D eigenvalue weighted by Gasteiger charge is 1.94. The molecule has 1 aromatic carbocycles. The van der Waals surface area contributed by atoms with E-state index in [9.17, 15) is 0 Å². The van der Waals surface area contributed by atoms with Crippen molar-refractivity contribution in [1.29, 1.82) is 0 Å². The van der Waals surface area contributed by atoms with Gasteiger partial charge in [0.25, 0.3) is 0 Å². The fourth-order valence-corrected chi connectivity index (χ4v) is 0.945. The molecule has 0 aliphatic carbocycles. The lowest BCUT2D eigenvalue weighted by Gasteiger charge is -1.95. The molecule has 0 N–H and O–H groups in total. The summed E-state index contributed by atoms with van der Waals surface area (Å²) in [6.45, 7) is 8.69. The van der Waals surface area contributed by atoms with Gasteiger partial charge in [0.1, 0.15) is 0 Å². The Kier molecular flexibility index (Phi) is 2.08. The van der Waals surface area contributed by atoms with Crippen molar-refractivity contribution in [1.82, 2.24) is 0 Å². The van der Waals surface area contributed by atoms with Crippen LogP contribution < -0.4 is 0 Å². The average molecular weight is 196 g/mol. The van der Waals surface area contributed by atoms with Crippen molar-refractivity contribution in [2.45, 2.75) is 6.92 Å². The van der Waals surface area contributed by atoms with Crippen LogP contribution in [-0.2, 0) is 0 Å². The van der Waals surface area contributed by atoms with Gasteiger partial charge >= 0.3 is 0 Å². The molecule has 2 heteroatoms. The Labute approximate surface area is 68.6 Å². The summed E-state index contributed by atoms with van der Waals surface area (Å²) in [5.41, 5.74) is 1.80. The minimum absolute atomic E-state index is 0.695. The van der Waals surface area contributed by atoms with Crippen molar-refractivity contribution in [3.8, 4) is 0 Å². The highest BCUT2D eigenvalue weighted by atomic mass is 79.9. The molecular formula is C8H6BrN. The fraction of sp³-hybridized carbons (Fsp3) is 0.125. The summed E-state index contributed by atoms with van der Waals surface area (Å²) in [5.74, 6) is 0. The summed E-state index contributed by atoms with van der Waals surface area (Å²) >= 11 is 3.36. The Bertz CT molecular complexity index is 286. The van der Waals surface area contributed by atoms with Gasteiger partial charge in [0, 0.05) is 4.47 Å². The van der Waals surface area contributed by atoms with E-state index >= 15 is 0 Å². The molecule has 1 rings (SSSR count). The zero-order valence-electron chi connectivity index (χ0n) is 5.56. The maximum Gasteiger partial charge on any atom is 0.187 e. The van der Waals surface area contributed by atoms with E-state index in [4.69, 9.17) is 6.57 Å². The normalized spacial score (nSPS) is 8.90. The van der Waals surface area contributed by atoms with Crippen LogP contribution in [-0.4, -0.2) is 0 Å². The molecular weight excluding hydrogens is 190 g/mol. The average Bonchev–Trinajstić information content (AvgIpc) is 1.95. The van der Waals surface area contributed by atoms with Crippen molar-refractivity contribution in [3.05, 3.63) is 39.7 Å². The first-order valence-corrected chi connectivity index (χ1v) is 3.67. The Balaban J connectivity index is 3.20. The molecule has 1 nitrogen and oxygen atoms in total. The molecule has 0 aliphatic rings. The van der Waals surface area contributed by atoms with Crippen LogP contribution in [0.5, 0.6) is 0 Å². The van der Waals surface area contributed by atoms with Gasteiger partial charge in [-0.3, -0.25) is 0 Å². The third-order valence-corrected chi connectivity index (χ3v) is 2.16. The number of benzene rings is 1. The number of nitrogens with zero attached hydrogens (tertiary/aromatic N) is 1. The second-order valence-corrected chi connectivity index (χ2v) is 2.90. The zero-order valence-corrected chi connectivity index (χ0v) is 7.14. The summed E-state index contributed by atoms with van der Waals surface area (Å²) in [7, 11) is 0. The van der Waals surface area contributed by atoms with E-state index in [-0.39, 0.29) is 0 Å². The molecule has 1 aromatic rings. The van der Waals surface area contributed by atoms with E-state index in [1.807, 2.05) is 19.1 Å². The number of rotatable bonds is 0. The molecule has 0 saturated carbocycles. The Morgan fingerprint density at radius 2 is 2.20 bits per heavy atom. The van der Waals surface area contributed by atoms with Crippen LogP contribution in [0.25, 0.3) is 4.85 Å². The standard InChI is InChI=1S/C8H6BrN/c1-6-5-7(10-2)3-4-8(6)9/h3-5H,1H3. The van der Waals surface area contributed by atoms with Gasteiger partial charge in [-0.1, -0.05) is 34.1 Å². The van der Waals surface area contributed by atoms with E-state index in [2.05, 4.69) is 20.8 Å². The number of hydrogen-bond acceptors (Lipinski definition) is 0. The maximum atomic E-state index is 6.72. The van der Waals surface area contributed by atoms with Crippen LogP contribution in [0.3, 0.4) is 0 Å². The topological polar surface area (TPSA) is 4.36 Å². The summed E-state index contributed by atoms with van der Waals surface area (Å²) < 4.78 is 1.06. The third-order valence-electron chi connectivity index (χ3n) is 1.27. The number of aryl methyl sites for hydroxylation is 1. The minimum atomic E-state index is 0.695. The molecule has 10 heavy (non-hydrogen) atoms. The maximum absolute atomic E-state index is 6.72. The van der Waals surface area contributed by atoms with Gasteiger partial charge in [-0.15, -0.1) is 0 Å². The van der Waals surface area contributed by atoms with Crippen LogP contribution in [0.1, 0.15) is 5.56 Å². The molecule has 0 bridgehead atoms. The van der Waals surface area contributed by atoms with Crippen LogP contribution in [0.15, 0.2) is 22.7 Å². The molecule has 0 spiro atoms. The van der Waals surface area contributed by atoms with E-state index < -0.39 is 0 Å². The fourth-order valence-electron chi connectivity index (χ4n) is 0.698. The number of halogens is 1. The van der Waals surface area contributed by atoms with Crippen molar-refractivity contribution in [2.24, 2.45) is 0 Å². The lowest BCUT2D eigenvalue weighted by molar-refractivity contribution is 1.44. The monoisotopic (exact) mass is 195 g/mol. The quantitative estimate of drug-likeness (QED) is 0.560. The second kappa shape index (κ2) is 2.85. The van der Waals surface area contributed by atoms with Gasteiger partial charge in [0.15, 0.2) is 5.69 Å². The van der Waals surface area contributed by atoms with E-state index in [1.165, 1.54) is 0 Å². The van der Waals surface area contributed by atoms with E-state index in [0.29, 0.717) is 5.69 Å². The molecule has 0 aliphatic heterocycles. The van der Waals surface area contributed by atoms with Gasteiger partial charge in [0.05, 0.1) is 6.57 Å². The molecule has 0 heterocycles. The lowest BCUT2D eigenvalue weighted by Crippen LogP contribution is -1.71. The smallest absolute Gasteiger partial charge is 0.187 e. The summed E-state index contributed by atoms with van der Waals surface area (Å²) in [4.78, 5) is 3.30.